The highest BCUT2D eigenvalue weighted by molar-refractivity contribution is 6.31. The summed E-state index contributed by atoms with van der Waals surface area (Å²) in [6.07, 6.45) is 2.17. The molecule has 0 heterocycles. The molecule has 19 heavy (non-hydrogen) atoms. The normalized spacial score (nSPS) is 15.8. The Labute approximate surface area is 118 Å². The van der Waals surface area contributed by atoms with E-state index in [4.69, 9.17) is 16.3 Å². The number of hydrogen-bond donors (Lipinski definition) is 2. The largest absolute Gasteiger partial charge is 0.495 e. The zero-order valence-corrected chi connectivity index (χ0v) is 12.2. The van der Waals surface area contributed by atoms with Gasteiger partial charge in [-0.25, -0.2) is 0 Å². The van der Waals surface area contributed by atoms with Gasteiger partial charge < -0.3 is 15.4 Å². The van der Waals surface area contributed by atoms with Crippen LogP contribution in [-0.4, -0.2) is 25.1 Å². The van der Waals surface area contributed by atoms with Crippen molar-refractivity contribution in [1.82, 2.24) is 5.32 Å². The molecule has 0 aliphatic heterocycles. The smallest absolute Gasteiger partial charge is 0.242 e. The van der Waals surface area contributed by atoms with Crippen LogP contribution < -0.4 is 15.4 Å². The van der Waals surface area contributed by atoms with Crippen LogP contribution >= 0.6 is 11.6 Å². The molecule has 0 spiro atoms. The van der Waals surface area contributed by atoms with Gasteiger partial charge in [-0.2, -0.15) is 0 Å². The topological polar surface area (TPSA) is 50.4 Å². The first-order chi connectivity index (χ1) is 9.01. The van der Waals surface area contributed by atoms with E-state index >= 15 is 0 Å². The third-order valence-corrected chi connectivity index (χ3v) is 3.58. The Morgan fingerprint density at radius 3 is 2.74 bits per heavy atom. The molecule has 4 nitrogen and oxygen atoms in total. The molecule has 5 heteroatoms. The molecule has 0 aromatic heterocycles. The van der Waals surface area contributed by atoms with E-state index in [1.54, 1.807) is 13.2 Å². The van der Waals surface area contributed by atoms with E-state index < -0.39 is 0 Å². The first-order valence-electron chi connectivity index (χ1n) is 6.42. The highest BCUT2D eigenvalue weighted by Crippen LogP contribution is 2.31. The summed E-state index contributed by atoms with van der Waals surface area (Å²) in [5.41, 5.74) is 1.72. The molecular formula is C14H19ClN2O2. The molecule has 2 N–H and O–H groups in total. The molecule has 1 aliphatic rings. The van der Waals surface area contributed by atoms with Gasteiger partial charge in [0.25, 0.3) is 0 Å². The van der Waals surface area contributed by atoms with Crippen molar-refractivity contribution in [1.29, 1.82) is 0 Å². The number of rotatable bonds is 5. The number of ether oxygens (including phenoxy) is 1. The van der Waals surface area contributed by atoms with Crippen LogP contribution in [0, 0.1) is 6.92 Å². The van der Waals surface area contributed by atoms with Gasteiger partial charge in [-0.15, -0.1) is 0 Å². The van der Waals surface area contributed by atoms with Gasteiger partial charge in [-0.05, 0) is 38.3 Å². The van der Waals surface area contributed by atoms with Gasteiger partial charge in [0, 0.05) is 17.1 Å². The van der Waals surface area contributed by atoms with Crippen LogP contribution in [0.2, 0.25) is 5.02 Å². The van der Waals surface area contributed by atoms with Gasteiger partial charge >= 0.3 is 0 Å². The van der Waals surface area contributed by atoms with Gasteiger partial charge in [0.1, 0.15) is 11.8 Å². The number of halogens is 1. The number of aryl methyl sites for hydroxylation is 1. The van der Waals surface area contributed by atoms with Crippen LogP contribution in [0.1, 0.15) is 25.3 Å². The van der Waals surface area contributed by atoms with E-state index in [0.29, 0.717) is 16.8 Å². The number of carbonyl (C=O) groups excluding carboxylic acids is 1. The summed E-state index contributed by atoms with van der Waals surface area (Å²) in [6.45, 7) is 3.75. The Kier molecular flexibility index (Phi) is 4.20. The fourth-order valence-corrected chi connectivity index (χ4v) is 1.95. The predicted molar refractivity (Wildman–Crippen MR) is 77.0 cm³/mol. The summed E-state index contributed by atoms with van der Waals surface area (Å²) in [7, 11) is 1.58. The summed E-state index contributed by atoms with van der Waals surface area (Å²) in [6, 6.07) is 3.70. The average molecular weight is 283 g/mol. The maximum absolute atomic E-state index is 11.9. The second-order valence-corrected chi connectivity index (χ2v) is 5.36. The minimum absolute atomic E-state index is 0.0113. The standard InChI is InChI=1S/C14H19ClN2O2/c1-8-6-12(13(19-3)7-11(8)15)16-9(2)14(18)17-10-4-5-10/h6-7,9-10,16H,4-5H2,1-3H3,(H,17,18). The lowest BCUT2D eigenvalue weighted by atomic mass is 10.2. The van der Waals surface area contributed by atoms with E-state index in [0.717, 1.165) is 24.1 Å². The van der Waals surface area contributed by atoms with Crippen LogP contribution in [0.4, 0.5) is 5.69 Å². The third-order valence-electron chi connectivity index (χ3n) is 3.17. The summed E-state index contributed by atoms with van der Waals surface area (Å²) < 4.78 is 5.28. The van der Waals surface area contributed by atoms with Gasteiger partial charge in [0.15, 0.2) is 0 Å². The molecule has 1 unspecified atom stereocenters. The highest BCUT2D eigenvalue weighted by Gasteiger charge is 2.25. The van der Waals surface area contributed by atoms with Crippen LogP contribution in [0.25, 0.3) is 0 Å². The van der Waals surface area contributed by atoms with Crippen molar-refractivity contribution in [2.75, 3.05) is 12.4 Å². The van der Waals surface area contributed by atoms with Gasteiger partial charge in [-0.1, -0.05) is 11.6 Å². The minimum Gasteiger partial charge on any atom is -0.495 e. The second-order valence-electron chi connectivity index (χ2n) is 4.95. The molecule has 0 saturated heterocycles. The predicted octanol–water partition coefficient (Wildman–Crippen LogP) is 2.74. The number of carbonyl (C=O) groups is 1. The fraction of sp³-hybridized carbons (Fsp3) is 0.500. The molecule has 1 atom stereocenters. The first kappa shape index (κ1) is 14.0. The fourth-order valence-electron chi connectivity index (χ4n) is 1.80. The van der Waals surface area contributed by atoms with E-state index in [1.807, 2.05) is 19.9 Å². The lowest BCUT2D eigenvalue weighted by Crippen LogP contribution is -2.38. The number of hydrogen-bond acceptors (Lipinski definition) is 3. The molecule has 1 aliphatic carbocycles. The number of amides is 1. The van der Waals surface area contributed by atoms with Crippen LogP contribution in [-0.2, 0) is 4.79 Å². The van der Waals surface area contributed by atoms with Crippen molar-refractivity contribution < 1.29 is 9.53 Å². The molecule has 1 aromatic carbocycles. The number of nitrogens with one attached hydrogen (secondary N) is 2. The number of methoxy groups -OCH3 is 1. The lowest BCUT2D eigenvalue weighted by Gasteiger charge is -2.18. The van der Waals surface area contributed by atoms with Gasteiger partial charge in [0.05, 0.1) is 12.8 Å². The molecule has 1 saturated carbocycles. The molecule has 1 amide bonds. The molecule has 0 radical (unpaired) electrons. The Morgan fingerprint density at radius 2 is 2.16 bits per heavy atom. The zero-order chi connectivity index (χ0) is 14.0. The molecule has 1 fully saturated rings. The monoisotopic (exact) mass is 282 g/mol. The van der Waals surface area contributed by atoms with E-state index in [9.17, 15) is 4.79 Å². The first-order valence-corrected chi connectivity index (χ1v) is 6.80. The third kappa shape index (κ3) is 3.53. The maximum Gasteiger partial charge on any atom is 0.242 e. The maximum atomic E-state index is 11.9. The van der Waals surface area contributed by atoms with Crippen molar-refractivity contribution in [2.45, 2.75) is 38.8 Å². The molecule has 104 valence electrons. The Bertz CT molecular complexity index is 487. The van der Waals surface area contributed by atoms with Crippen molar-refractivity contribution >= 4 is 23.2 Å². The molecule has 2 rings (SSSR count). The Morgan fingerprint density at radius 1 is 1.47 bits per heavy atom. The quantitative estimate of drug-likeness (QED) is 0.873. The van der Waals surface area contributed by atoms with Crippen LogP contribution in [0.5, 0.6) is 5.75 Å². The van der Waals surface area contributed by atoms with Gasteiger partial charge in [0.2, 0.25) is 5.91 Å². The van der Waals surface area contributed by atoms with Crippen molar-refractivity contribution in [3.05, 3.63) is 22.7 Å². The van der Waals surface area contributed by atoms with Crippen molar-refractivity contribution in [3.63, 3.8) is 0 Å². The molecular weight excluding hydrogens is 264 g/mol. The second kappa shape index (κ2) is 5.70. The summed E-state index contributed by atoms with van der Waals surface area (Å²) in [4.78, 5) is 11.9. The minimum atomic E-state index is -0.310. The Hall–Kier alpha value is -1.42. The van der Waals surface area contributed by atoms with Crippen LogP contribution in [0.15, 0.2) is 12.1 Å². The summed E-state index contributed by atoms with van der Waals surface area (Å²) in [5.74, 6) is 0.652. The summed E-state index contributed by atoms with van der Waals surface area (Å²) >= 11 is 6.05. The average Bonchev–Trinajstić information content (AvgIpc) is 3.17. The van der Waals surface area contributed by atoms with E-state index in [2.05, 4.69) is 10.6 Å². The van der Waals surface area contributed by atoms with E-state index in [1.165, 1.54) is 0 Å². The zero-order valence-electron chi connectivity index (χ0n) is 11.4. The van der Waals surface area contributed by atoms with Crippen molar-refractivity contribution in [3.8, 4) is 5.75 Å². The summed E-state index contributed by atoms with van der Waals surface area (Å²) in [5, 5.41) is 6.79. The number of benzene rings is 1. The lowest BCUT2D eigenvalue weighted by molar-refractivity contribution is -0.121. The molecule has 0 bridgehead atoms. The number of anilines is 1. The van der Waals surface area contributed by atoms with Gasteiger partial charge in [-0.3, -0.25) is 4.79 Å². The van der Waals surface area contributed by atoms with E-state index in [-0.39, 0.29) is 11.9 Å². The van der Waals surface area contributed by atoms with Crippen LogP contribution in [0.3, 0.4) is 0 Å². The van der Waals surface area contributed by atoms with Crippen molar-refractivity contribution in [2.24, 2.45) is 0 Å². The molecule has 1 aromatic rings. The Balaban J connectivity index is 2.08. The highest BCUT2D eigenvalue weighted by atomic mass is 35.5. The SMILES string of the molecule is COc1cc(Cl)c(C)cc1NC(C)C(=O)NC1CC1.